The molecule has 1 aliphatic heterocycles. The van der Waals surface area contributed by atoms with Crippen LogP contribution >= 0.6 is 15.9 Å². The zero-order chi connectivity index (χ0) is 14.1. The van der Waals surface area contributed by atoms with Gasteiger partial charge in [-0.25, -0.2) is 8.78 Å². The molecule has 1 saturated heterocycles. The van der Waals surface area contributed by atoms with E-state index in [1.54, 1.807) is 6.20 Å². The Morgan fingerprint density at radius 1 is 1.35 bits per heavy atom. The SMILES string of the molecule is Fc1ccc(F)c(CN2CCC(n3cc(Br)cn3)C2)c1. The summed E-state index contributed by atoms with van der Waals surface area (Å²) < 4.78 is 29.7. The average Bonchev–Trinajstić information content (AvgIpc) is 3.03. The number of rotatable bonds is 3. The van der Waals surface area contributed by atoms with Gasteiger partial charge in [-0.05, 0) is 40.5 Å². The van der Waals surface area contributed by atoms with Crippen LogP contribution in [0.5, 0.6) is 0 Å². The van der Waals surface area contributed by atoms with Gasteiger partial charge in [0.05, 0.1) is 16.7 Å². The summed E-state index contributed by atoms with van der Waals surface area (Å²) in [5.74, 6) is -0.746. The van der Waals surface area contributed by atoms with Crippen LogP contribution in [0, 0.1) is 11.6 Å². The molecule has 1 atom stereocenters. The van der Waals surface area contributed by atoms with Crippen LogP contribution in [0.3, 0.4) is 0 Å². The van der Waals surface area contributed by atoms with Crippen molar-refractivity contribution in [3.63, 3.8) is 0 Å². The summed E-state index contributed by atoms with van der Waals surface area (Å²) in [4.78, 5) is 2.12. The Morgan fingerprint density at radius 3 is 2.95 bits per heavy atom. The molecule has 1 aromatic heterocycles. The molecule has 1 aliphatic rings. The maximum atomic E-state index is 13.6. The highest BCUT2D eigenvalue weighted by Crippen LogP contribution is 2.24. The van der Waals surface area contributed by atoms with E-state index < -0.39 is 5.82 Å². The fourth-order valence-corrected chi connectivity index (χ4v) is 2.89. The predicted molar refractivity (Wildman–Crippen MR) is 75.2 cm³/mol. The lowest BCUT2D eigenvalue weighted by Crippen LogP contribution is -2.22. The van der Waals surface area contributed by atoms with E-state index in [1.807, 2.05) is 10.9 Å². The summed E-state index contributed by atoms with van der Waals surface area (Å²) >= 11 is 3.38. The quantitative estimate of drug-likeness (QED) is 0.853. The van der Waals surface area contributed by atoms with Crippen molar-refractivity contribution >= 4 is 15.9 Å². The van der Waals surface area contributed by atoms with Gasteiger partial charge in [0.25, 0.3) is 0 Å². The molecule has 2 aromatic rings. The van der Waals surface area contributed by atoms with Crippen LogP contribution in [-0.4, -0.2) is 27.8 Å². The molecular weight excluding hydrogens is 328 g/mol. The zero-order valence-electron chi connectivity index (χ0n) is 10.8. The fraction of sp³-hybridized carbons (Fsp3) is 0.357. The van der Waals surface area contributed by atoms with Crippen LogP contribution in [0.4, 0.5) is 8.78 Å². The molecule has 0 bridgehead atoms. The maximum Gasteiger partial charge on any atom is 0.127 e. The minimum Gasteiger partial charge on any atom is -0.297 e. The smallest absolute Gasteiger partial charge is 0.127 e. The van der Waals surface area contributed by atoms with Crippen LogP contribution < -0.4 is 0 Å². The Labute approximate surface area is 124 Å². The monoisotopic (exact) mass is 341 g/mol. The summed E-state index contributed by atoms with van der Waals surface area (Å²) in [6, 6.07) is 3.89. The minimum absolute atomic E-state index is 0.290. The first-order valence-electron chi connectivity index (χ1n) is 6.48. The van der Waals surface area contributed by atoms with E-state index in [0.717, 1.165) is 30.0 Å². The number of halogens is 3. The predicted octanol–water partition coefficient (Wildman–Crippen LogP) is 3.37. The van der Waals surface area contributed by atoms with Gasteiger partial charge in [-0.3, -0.25) is 9.58 Å². The highest BCUT2D eigenvalue weighted by molar-refractivity contribution is 9.10. The van der Waals surface area contributed by atoms with Gasteiger partial charge in [-0.2, -0.15) is 5.10 Å². The van der Waals surface area contributed by atoms with Crippen molar-refractivity contribution in [1.82, 2.24) is 14.7 Å². The molecule has 0 amide bonds. The third-order valence-corrected chi connectivity index (χ3v) is 4.00. The molecule has 0 saturated carbocycles. The Hall–Kier alpha value is -1.27. The lowest BCUT2D eigenvalue weighted by atomic mass is 10.2. The van der Waals surface area contributed by atoms with Gasteiger partial charge in [0.2, 0.25) is 0 Å². The van der Waals surface area contributed by atoms with E-state index in [0.29, 0.717) is 12.1 Å². The first-order valence-corrected chi connectivity index (χ1v) is 7.27. The van der Waals surface area contributed by atoms with Crippen molar-refractivity contribution < 1.29 is 8.78 Å². The van der Waals surface area contributed by atoms with E-state index in [2.05, 4.69) is 25.9 Å². The largest absolute Gasteiger partial charge is 0.297 e. The van der Waals surface area contributed by atoms with E-state index in [9.17, 15) is 8.78 Å². The molecule has 0 aliphatic carbocycles. The number of hydrogen-bond donors (Lipinski definition) is 0. The second kappa shape index (κ2) is 5.61. The third kappa shape index (κ3) is 2.91. The van der Waals surface area contributed by atoms with Gasteiger partial charge in [0.1, 0.15) is 11.6 Å². The molecule has 1 aromatic carbocycles. The number of hydrogen-bond acceptors (Lipinski definition) is 2. The Kier molecular flexibility index (Phi) is 3.85. The first-order chi connectivity index (χ1) is 9.61. The molecule has 1 unspecified atom stereocenters. The van der Waals surface area contributed by atoms with Gasteiger partial charge in [0.15, 0.2) is 0 Å². The number of likely N-dealkylation sites (tertiary alicyclic amines) is 1. The van der Waals surface area contributed by atoms with Crippen molar-refractivity contribution in [3.8, 4) is 0 Å². The second-order valence-electron chi connectivity index (χ2n) is 5.05. The van der Waals surface area contributed by atoms with Crippen LogP contribution in [0.2, 0.25) is 0 Å². The van der Waals surface area contributed by atoms with Crippen molar-refractivity contribution in [3.05, 3.63) is 52.3 Å². The third-order valence-electron chi connectivity index (χ3n) is 3.59. The van der Waals surface area contributed by atoms with E-state index in [4.69, 9.17) is 0 Å². The lowest BCUT2D eigenvalue weighted by Gasteiger charge is -2.16. The molecule has 0 N–H and O–H groups in total. The Morgan fingerprint density at radius 2 is 2.20 bits per heavy atom. The molecule has 0 spiro atoms. The van der Waals surface area contributed by atoms with Crippen LogP contribution in [-0.2, 0) is 6.54 Å². The average molecular weight is 342 g/mol. The second-order valence-corrected chi connectivity index (χ2v) is 5.97. The van der Waals surface area contributed by atoms with Crippen LogP contribution in [0.25, 0.3) is 0 Å². The molecule has 106 valence electrons. The molecule has 3 nitrogen and oxygen atoms in total. The minimum atomic E-state index is -0.395. The first kappa shape index (κ1) is 13.7. The molecule has 2 heterocycles. The lowest BCUT2D eigenvalue weighted by molar-refractivity contribution is 0.306. The number of aromatic nitrogens is 2. The van der Waals surface area contributed by atoms with Gasteiger partial charge in [0, 0.05) is 31.4 Å². The molecular formula is C14H14BrF2N3. The van der Waals surface area contributed by atoms with Gasteiger partial charge < -0.3 is 0 Å². The van der Waals surface area contributed by atoms with E-state index in [-0.39, 0.29) is 11.9 Å². The van der Waals surface area contributed by atoms with Crippen LogP contribution in [0.1, 0.15) is 18.0 Å². The van der Waals surface area contributed by atoms with Crippen molar-refractivity contribution in [1.29, 1.82) is 0 Å². The molecule has 20 heavy (non-hydrogen) atoms. The number of nitrogens with zero attached hydrogens (tertiary/aromatic N) is 3. The van der Waals surface area contributed by atoms with Gasteiger partial charge in [-0.1, -0.05) is 0 Å². The molecule has 0 radical (unpaired) electrons. The van der Waals surface area contributed by atoms with Crippen LogP contribution in [0.15, 0.2) is 35.1 Å². The summed E-state index contributed by atoms with van der Waals surface area (Å²) in [6.07, 6.45) is 4.66. The molecule has 6 heteroatoms. The Balaban J connectivity index is 1.67. The highest BCUT2D eigenvalue weighted by Gasteiger charge is 2.25. The van der Waals surface area contributed by atoms with E-state index >= 15 is 0 Å². The van der Waals surface area contributed by atoms with Crippen molar-refractivity contribution in [2.24, 2.45) is 0 Å². The summed E-state index contributed by atoms with van der Waals surface area (Å²) in [7, 11) is 0. The molecule has 3 rings (SSSR count). The summed E-state index contributed by atoms with van der Waals surface area (Å²) in [5.41, 5.74) is 0.410. The zero-order valence-corrected chi connectivity index (χ0v) is 12.4. The summed E-state index contributed by atoms with van der Waals surface area (Å²) in [6.45, 7) is 2.09. The standard InChI is InChI=1S/C14H14BrF2N3/c15-11-6-18-20(8-11)13-3-4-19(9-13)7-10-5-12(16)1-2-14(10)17/h1-2,5-6,8,13H,3-4,7,9H2. The highest BCUT2D eigenvalue weighted by atomic mass is 79.9. The topological polar surface area (TPSA) is 21.1 Å². The molecule has 1 fully saturated rings. The summed E-state index contributed by atoms with van der Waals surface area (Å²) in [5, 5.41) is 4.28. The maximum absolute atomic E-state index is 13.6. The van der Waals surface area contributed by atoms with Crippen molar-refractivity contribution in [2.75, 3.05) is 13.1 Å². The van der Waals surface area contributed by atoms with Crippen molar-refractivity contribution in [2.45, 2.75) is 19.0 Å². The normalized spacial score (nSPS) is 19.6. The van der Waals surface area contributed by atoms with Gasteiger partial charge in [-0.15, -0.1) is 0 Å². The fourth-order valence-electron chi connectivity index (χ4n) is 2.59. The number of benzene rings is 1. The van der Waals surface area contributed by atoms with Gasteiger partial charge >= 0.3 is 0 Å². The van der Waals surface area contributed by atoms with E-state index in [1.165, 1.54) is 12.1 Å². The Bertz CT molecular complexity index is 614.